The van der Waals surface area contributed by atoms with Crippen LogP contribution in [0.4, 0.5) is 4.79 Å². The number of carbonyl (C=O) groups excluding carboxylic acids is 3. The Labute approximate surface area is 262 Å². The van der Waals surface area contributed by atoms with Crippen LogP contribution in [0.5, 0.6) is 0 Å². The molecular formula is C33H36N4O7S. The smallest absolute Gasteiger partial charge is 0.410 e. The van der Waals surface area contributed by atoms with Crippen molar-refractivity contribution in [3.05, 3.63) is 89.9 Å². The fraction of sp³-hybridized carbons (Fsp3) is 0.364. The molecule has 1 aliphatic rings. The zero-order valence-corrected chi connectivity index (χ0v) is 26.3. The van der Waals surface area contributed by atoms with E-state index < -0.39 is 33.9 Å². The molecule has 1 fully saturated rings. The number of nitrogens with zero attached hydrogens (tertiary/aromatic N) is 4. The molecule has 1 unspecified atom stereocenters. The van der Waals surface area contributed by atoms with Crippen molar-refractivity contribution < 1.29 is 32.3 Å². The number of aromatic nitrogens is 3. The number of carbonyl (C=O) groups is 3. The van der Waals surface area contributed by atoms with Crippen LogP contribution >= 0.6 is 0 Å². The number of rotatable bonds is 11. The minimum Gasteiger partial charge on any atom is -0.465 e. The number of ketones is 1. The van der Waals surface area contributed by atoms with E-state index in [1.165, 1.54) is 30.6 Å². The van der Waals surface area contributed by atoms with E-state index in [0.29, 0.717) is 13.0 Å². The molecule has 4 aromatic rings. The van der Waals surface area contributed by atoms with Gasteiger partial charge in [-0.25, -0.2) is 27.2 Å². The highest BCUT2D eigenvalue weighted by Crippen LogP contribution is 2.32. The summed E-state index contributed by atoms with van der Waals surface area (Å²) in [4.78, 5) is 50.2. The monoisotopic (exact) mass is 632 g/mol. The molecule has 5 rings (SSSR count). The van der Waals surface area contributed by atoms with Gasteiger partial charge in [-0.05, 0) is 43.5 Å². The lowest BCUT2D eigenvalue weighted by Gasteiger charge is -2.19. The summed E-state index contributed by atoms with van der Waals surface area (Å²) in [7, 11) is -3.94. The standard InChI is InChI=1S/C33H36N4O7S/c1-4-24-19-36(33(40)44-21-23-9-7-6-8-10-23)20-27(24)30(38)17-26(32(39)43-5-2)29-18-34-31-28(35-29)15-16-37(31)45(41,42)25-13-11-22(3)12-14-25/h6-16,18,24,26-27H,4-5,17,19-21H2,1-3H3/t24-,26?,27+/m1/s1. The third-order valence-electron chi connectivity index (χ3n) is 8.13. The van der Waals surface area contributed by atoms with Gasteiger partial charge in [-0.2, -0.15) is 0 Å². The number of hydrogen-bond donors (Lipinski definition) is 0. The van der Waals surface area contributed by atoms with E-state index >= 15 is 0 Å². The van der Waals surface area contributed by atoms with Crippen molar-refractivity contribution in [2.75, 3.05) is 19.7 Å². The topological polar surface area (TPSA) is 138 Å². The fourth-order valence-corrected chi connectivity index (χ4v) is 6.90. The van der Waals surface area contributed by atoms with E-state index in [-0.39, 0.29) is 59.6 Å². The number of hydrogen-bond acceptors (Lipinski definition) is 9. The van der Waals surface area contributed by atoms with Gasteiger partial charge in [-0.15, -0.1) is 0 Å². The van der Waals surface area contributed by atoms with Crippen LogP contribution in [0.25, 0.3) is 11.2 Å². The van der Waals surface area contributed by atoms with Gasteiger partial charge in [0, 0.05) is 31.6 Å². The molecule has 0 radical (unpaired) electrons. The number of benzene rings is 2. The minimum atomic E-state index is -3.94. The molecule has 0 spiro atoms. The largest absolute Gasteiger partial charge is 0.465 e. The average Bonchev–Trinajstić information content (AvgIpc) is 3.68. The van der Waals surface area contributed by atoms with Gasteiger partial charge in [-0.3, -0.25) is 9.59 Å². The van der Waals surface area contributed by atoms with Crippen LogP contribution in [0, 0.1) is 18.8 Å². The molecule has 11 nitrogen and oxygen atoms in total. The van der Waals surface area contributed by atoms with Crippen molar-refractivity contribution in [3.8, 4) is 0 Å². The van der Waals surface area contributed by atoms with Crippen molar-refractivity contribution in [1.29, 1.82) is 0 Å². The maximum absolute atomic E-state index is 13.7. The van der Waals surface area contributed by atoms with Gasteiger partial charge in [0.15, 0.2) is 5.65 Å². The first-order valence-electron chi connectivity index (χ1n) is 14.9. The van der Waals surface area contributed by atoms with Crippen LogP contribution in [0.2, 0.25) is 0 Å². The SMILES string of the molecule is CCOC(=O)C(CC(=O)[C@H]1CN(C(=O)OCc2ccccc2)C[C@H]1CC)c1cnc2c(ccn2S(=O)(=O)c2ccc(C)cc2)n1. The average molecular weight is 633 g/mol. The number of fused-ring (bicyclic) bond motifs is 1. The Balaban J connectivity index is 1.34. The molecule has 236 valence electrons. The van der Waals surface area contributed by atoms with Crippen molar-refractivity contribution in [2.24, 2.45) is 11.8 Å². The Morgan fingerprint density at radius 3 is 2.40 bits per heavy atom. The molecule has 2 aromatic heterocycles. The number of amides is 1. The molecule has 1 saturated heterocycles. The van der Waals surface area contributed by atoms with Gasteiger partial charge in [-0.1, -0.05) is 61.4 Å². The molecule has 45 heavy (non-hydrogen) atoms. The fourth-order valence-electron chi connectivity index (χ4n) is 5.60. The number of aryl methyl sites for hydroxylation is 1. The Morgan fingerprint density at radius 1 is 0.978 bits per heavy atom. The van der Waals surface area contributed by atoms with Crippen LogP contribution in [-0.2, 0) is 35.7 Å². The molecule has 0 N–H and O–H groups in total. The van der Waals surface area contributed by atoms with Crippen molar-refractivity contribution in [3.63, 3.8) is 0 Å². The van der Waals surface area contributed by atoms with Gasteiger partial charge in [0.1, 0.15) is 23.8 Å². The van der Waals surface area contributed by atoms with Crippen molar-refractivity contribution in [1.82, 2.24) is 18.8 Å². The summed E-state index contributed by atoms with van der Waals surface area (Å²) in [5.41, 5.74) is 2.34. The first-order chi connectivity index (χ1) is 21.6. The number of ether oxygens (including phenoxy) is 2. The van der Waals surface area contributed by atoms with E-state index in [4.69, 9.17) is 9.47 Å². The summed E-state index contributed by atoms with van der Waals surface area (Å²) in [6, 6.07) is 17.3. The summed E-state index contributed by atoms with van der Waals surface area (Å²) in [6.07, 6.45) is 2.66. The lowest BCUT2D eigenvalue weighted by molar-refractivity contribution is -0.146. The maximum atomic E-state index is 13.7. The van der Waals surface area contributed by atoms with E-state index in [1.54, 1.807) is 24.0 Å². The number of Topliss-reactive ketones (excluding diaryl/α,β-unsaturated/α-hetero) is 1. The van der Waals surface area contributed by atoms with E-state index in [9.17, 15) is 22.8 Å². The predicted octanol–water partition coefficient (Wildman–Crippen LogP) is 4.88. The molecule has 3 heterocycles. The Hall–Kier alpha value is -4.58. The molecule has 0 bridgehead atoms. The van der Waals surface area contributed by atoms with Crippen LogP contribution in [0.1, 0.15) is 49.4 Å². The quantitative estimate of drug-likeness (QED) is 0.212. The second-order valence-corrected chi connectivity index (χ2v) is 12.9. The molecule has 0 aliphatic carbocycles. The van der Waals surface area contributed by atoms with Crippen LogP contribution in [-0.4, -0.2) is 64.8 Å². The zero-order valence-electron chi connectivity index (χ0n) is 25.5. The third-order valence-corrected chi connectivity index (χ3v) is 9.81. The number of likely N-dealkylation sites (tertiary alicyclic amines) is 1. The van der Waals surface area contributed by atoms with Crippen LogP contribution < -0.4 is 0 Å². The normalized spacial score (nSPS) is 17.3. The highest BCUT2D eigenvalue weighted by Gasteiger charge is 2.41. The predicted molar refractivity (Wildman–Crippen MR) is 166 cm³/mol. The third kappa shape index (κ3) is 6.90. The summed E-state index contributed by atoms with van der Waals surface area (Å²) < 4.78 is 38.5. The first-order valence-corrected chi connectivity index (χ1v) is 16.4. The van der Waals surface area contributed by atoms with Crippen molar-refractivity contribution in [2.45, 2.75) is 51.0 Å². The van der Waals surface area contributed by atoms with E-state index in [2.05, 4.69) is 9.97 Å². The number of esters is 1. The molecule has 3 atom stereocenters. The Bertz CT molecular complexity index is 1790. The van der Waals surface area contributed by atoms with E-state index in [1.807, 2.05) is 44.2 Å². The summed E-state index contributed by atoms with van der Waals surface area (Å²) in [5, 5.41) is 0. The van der Waals surface area contributed by atoms with Crippen molar-refractivity contribution >= 4 is 39.0 Å². The second kappa shape index (κ2) is 13.6. The molecule has 1 aliphatic heterocycles. The van der Waals surface area contributed by atoms with Crippen LogP contribution in [0.15, 0.2) is 78.0 Å². The van der Waals surface area contributed by atoms with Gasteiger partial charge in [0.05, 0.1) is 23.4 Å². The van der Waals surface area contributed by atoms with Gasteiger partial charge in [0.25, 0.3) is 10.0 Å². The summed E-state index contributed by atoms with van der Waals surface area (Å²) in [5.74, 6) is -2.47. The molecule has 1 amide bonds. The second-order valence-electron chi connectivity index (χ2n) is 11.1. The maximum Gasteiger partial charge on any atom is 0.410 e. The summed E-state index contributed by atoms with van der Waals surface area (Å²) >= 11 is 0. The first kappa shape index (κ1) is 31.8. The van der Waals surface area contributed by atoms with E-state index in [0.717, 1.165) is 15.1 Å². The molecule has 0 saturated carbocycles. The highest BCUT2D eigenvalue weighted by atomic mass is 32.2. The lowest BCUT2D eigenvalue weighted by atomic mass is 9.85. The van der Waals surface area contributed by atoms with Gasteiger partial charge >= 0.3 is 12.1 Å². The Kier molecular flexibility index (Phi) is 9.62. The lowest BCUT2D eigenvalue weighted by Crippen LogP contribution is -2.31. The molecule has 12 heteroatoms. The molecular weight excluding hydrogens is 596 g/mol. The summed E-state index contributed by atoms with van der Waals surface area (Å²) in [6.45, 7) is 6.29. The van der Waals surface area contributed by atoms with Crippen LogP contribution in [0.3, 0.4) is 0 Å². The van der Waals surface area contributed by atoms with Gasteiger partial charge < -0.3 is 14.4 Å². The van der Waals surface area contributed by atoms with Gasteiger partial charge in [0.2, 0.25) is 0 Å². The molecule has 2 aromatic carbocycles. The highest BCUT2D eigenvalue weighted by molar-refractivity contribution is 7.90. The minimum absolute atomic E-state index is 0.0970. The Morgan fingerprint density at radius 2 is 1.71 bits per heavy atom. The zero-order chi connectivity index (χ0) is 32.1.